The number of rotatable bonds is 8. The van der Waals surface area contributed by atoms with Crippen molar-refractivity contribution in [3.05, 3.63) is 89.6 Å². The van der Waals surface area contributed by atoms with E-state index in [0.717, 1.165) is 69.2 Å². The van der Waals surface area contributed by atoms with Gasteiger partial charge in [-0.1, -0.05) is 36.1 Å². The molecule has 3 heterocycles. The van der Waals surface area contributed by atoms with Crippen molar-refractivity contribution in [2.75, 3.05) is 69.0 Å². The number of likely N-dealkylation sites (N-methyl/N-ethyl adjacent to an activating group) is 1. The van der Waals surface area contributed by atoms with Crippen LogP contribution in [-0.4, -0.2) is 90.6 Å². The maximum atomic E-state index is 11.3. The lowest BCUT2D eigenvalue weighted by Crippen LogP contribution is -2.52. The van der Waals surface area contributed by atoms with E-state index in [0.29, 0.717) is 41.0 Å². The highest BCUT2D eigenvalue weighted by Gasteiger charge is 2.27. The van der Waals surface area contributed by atoms with Crippen LogP contribution in [0, 0.1) is 11.8 Å². The molecule has 0 atom stereocenters. The van der Waals surface area contributed by atoms with Crippen molar-refractivity contribution in [1.29, 1.82) is 0 Å². The highest BCUT2D eigenvalue weighted by atomic mass is 16.5. The number of para-hydroxylation sites is 2. The summed E-state index contributed by atoms with van der Waals surface area (Å²) < 4.78 is 5.80. The van der Waals surface area contributed by atoms with E-state index in [1.54, 1.807) is 25.4 Å². The molecule has 46 heavy (non-hydrogen) atoms. The fourth-order valence-electron chi connectivity index (χ4n) is 5.96. The fourth-order valence-corrected chi connectivity index (χ4v) is 5.96. The van der Waals surface area contributed by atoms with Gasteiger partial charge in [0.1, 0.15) is 11.5 Å². The zero-order chi connectivity index (χ0) is 31.9. The Hall–Kier alpha value is -5.11. The second kappa shape index (κ2) is 14.3. The topological polar surface area (TPSA) is 106 Å². The molecule has 3 aromatic carbocycles. The number of anilines is 5. The van der Waals surface area contributed by atoms with Gasteiger partial charge in [0.2, 0.25) is 5.95 Å². The number of piperazine rings is 1. The summed E-state index contributed by atoms with van der Waals surface area (Å²) >= 11 is 0. The molecule has 236 valence electrons. The molecule has 6 rings (SSSR count). The summed E-state index contributed by atoms with van der Waals surface area (Å²) in [6.45, 7) is 6.65. The lowest BCUT2D eigenvalue weighted by Gasteiger charge is -2.42. The van der Waals surface area contributed by atoms with Crippen molar-refractivity contribution in [1.82, 2.24) is 19.8 Å². The first-order valence-electron chi connectivity index (χ1n) is 15.6. The van der Waals surface area contributed by atoms with Crippen LogP contribution in [0.2, 0.25) is 0 Å². The first-order chi connectivity index (χ1) is 22.5. The van der Waals surface area contributed by atoms with Gasteiger partial charge in [-0.25, -0.2) is 4.98 Å². The molecular weight excluding hydrogens is 578 g/mol. The van der Waals surface area contributed by atoms with E-state index in [4.69, 9.17) is 9.72 Å². The lowest BCUT2D eigenvalue weighted by molar-refractivity contribution is 0.0982. The van der Waals surface area contributed by atoms with Gasteiger partial charge in [0.25, 0.3) is 0 Å². The van der Waals surface area contributed by atoms with Crippen molar-refractivity contribution >= 4 is 35.1 Å². The van der Waals surface area contributed by atoms with Crippen molar-refractivity contribution in [2.45, 2.75) is 18.9 Å². The summed E-state index contributed by atoms with van der Waals surface area (Å²) in [4.78, 5) is 28.1. The molecule has 0 amide bonds. The number of hydrogen-bond acceptors (Lipinski definition) is 10. The zero-order valence-electron chi connectivity index (χ0n) is 26.2. The molecule has 0 bridgehead atoms. The van der Waals surface area contributed by atoms with Crippen molar-refractivity contribution in [3.8, 4) is 23.3 Å². The number of nitrogens with zero attached hydrogens (tertiary/aromatic N) is 5. The normalized spacial score (nSPS) is 15.9. The summed E-state index contributed by atoms with van der Waals surface area (Å²) in [7, 11) is 3.87. The molecule has 0 unspecified atom stereocenters. The maximum Gasteiger partial charge on any atom is 0.229 e. The number of piperidine rings is 1. The molecule has 2 saturated heterocycles. The number of carbonyl (C=O) groups is 1. The van der Waals surface area contributed by atoms with Gasteiger partial charge >= 0.3 is 0 Å². The third-order valence-electron chi connectivity index (χ3n) is 8.67. The number of carbonyl (C=O) groups excluding carboxylic acids is 1. The molecule has 0 aliphatic carbocycles. The monoisotopic (exact) mass is 617 g/mol. The second-order valence-corrected chi connectivity index (χ2v) is 11.6. The number of hydrogen-bond donors (Lipinski definition) is 3. The molecule has 2 aliphatic heterocycles. The summed E-state index contributed by atoms with van der Waals surface area (Å²) in [6, 6.07) is 21.4. The van der Waals surface area contributed by atoms with E-state index in [-0.39, 0.29) is 11.3 Å². The van der Waals surface area contributed by atoms with E-state index >= 15 is 0 Å². The predicted octanol–water partition coefficient (Wildman–Crippen LogP) is 5.11. The summed E-state index contributed by atoms with van der Waals surface area (Å²) in [5.41, 5.74) is 3.76. The van der Waals surface area contributed by atoms with Gasteiger partial charge < -0.3 is 30.3 Å². The molecule has 10 nitrogen and oxygen atoms in total. The van der Waals surface area contributed by atoms with Crippen LogP contribution in [0.3, 0.4) is 0 Å². The molecule has 10 heteroatoms. The Morgan fingerprint density at radius 2 is 1.67 bits per heavy atom. The van der Waals surface area contributed by atoms with E-state index in [1.165, 1.54) is 6.07 Å². The van der Waals surface area contributed by atoms with Gasteiger partial charge in [0, 0.05) is 62.8 Å². The van der Waals surface area contributed by atoms with Crippen LogP contribution in [0.5, 0.6) is 11.5 Å². The highest BCUT2D eigenvalue weighted by molar-refractivity contribution is 5.81. The average molecular weight is 618 g/mol. The van der Waals surface area contributed by atoms with Crippen LogP contribution in [0.1, 0.15) is 34.3 Å². The standard InChI is InChI=1S/C36H39N7O3/c1-41-19-21-43(22-20-41)30-15-17-42(18-16-30)31-13-14-32(33(23-31)46-2)39-36-37-24-27(35(40-36)38-29-9-4-3-5-10-29)12-11-26-7-6-8-28(25-44)34(26)45/h3-10,13-14,23-25,30,45H,15-22H2,1-2H3,(H2,37,38,39,40). The minimum atomic E-state index is -0.156. The number of ether oxygens (including phenoxy) is 1. The van der Waals surface area contributed by atoms with Crippen molar-refractivity contribution in [2.24, 2.45) is 0 Å². The first-order valence-corrected chi connectivity index (χ1v) is 15.6. The average Bonchev–Trinajstić information content (AvgIpc) is 3.09. The van der Waals surface area contributed by atoms with E-state index in [2.05, 4.69) is 61.3 Å². The molecular formula is C36H39N7O3. The van der Waals surface area contributed by atoms with Crippen molar-refractivity contribution < 1.29 is 14.6 Å². The van der Waals surface area contributed by atoms with Gasteiger partial charge in [-0.3, -0.25) is 9.69 Å². The van der Waals surface area contributed by atoms with Crippen LogP contribution in [0.4, 0.5) is 28.8 Å². The summed E-state index contributed by atoms with van der Waals surface area (Å²) in [6.07, 6.45) is 4.55. The van der Waals surface area contributed by atoms with E-state index in [9.17, 15) is 9.90 Å². The number of aromatic hydroxyl groups is 1. The summed E-state index contributed by atoms with van der Waals surface area (Å²) in [5.74, 6) is 7.40. The Bertz CT molecular complexity index is 1720. The predicted molar refractivity (Wildman–Crippen MR) is 182 cm³/mol. The van der Waals surface area contributed by atoms with Gasteiger partial charge in [0.05, 0.1) is 35.7 Å². The van der Waals surface area contributed by atoms with Gasteiger partial charge in [-0.2, -0.15) is 4.98 Å². The highest BCUT2D eigenvalue weighted by Crippen LogP contribution is 2.33. The van der Waals surface area contributed by atoms with Crippen LogP contribution in [0.25, 0.3) is 0 Å². The van der Waals surface area contributed by atoms with Gasteiger partial charge in [-0.15, -0.1) is 0 Å². The molecule has 0 saturated carbocycles. The van der Waals surface area contributed by atoms with Crippen LogP contribution < -0.4 is 20.3 Å². The molecule has 4 aromatic rings. The molecule has 1 aromatic heterocycles. The smallest absolute Gasteiger partial charge is 0.229 e. The molecule has 0 radical (unpaired) electrons. The molecule has 2 fully saturated rings. The van der Waals surface area contributed by atoms with E-state index < -0.39 is 0 Å². The zero-order valence-corrected chi connectivity index (χ0v) is 26.2. The third-order valence-corrected chi connectivity index (χ3v) is 8.67. The number of methoxy groups -OCH3 is 1. The quantitative estimate of drug-likeness (QED) is 0.183. The third kappa shape index (κ3) is 7.23. The Labute approximate surface area is 270 Å². The minimum absolute atomic E-state index is 0.156. The Balaban J connectivity index is 1.20. The largest absolute Gasteiger partial charge is 0.506 e. The van der Waals surface area contributed by atoms with Gasteiger partial charge in [0.15, 0.2) is 12.1 Å². The number of phenols is 1. The Morgan fingerprint density at radius 1 is 0.913 bits per heavy atom. The van der Waals surface area contributed by atoms with E-state index in [1.807, 2.05) is 36.4 Å². The Kier molecular flexibility index (Phi) is 9.62. The Morgan fingerprint density at radius 3 is 2.41 bits per heavy atom. The second-order valence-electron chi connectivity index (χ2n) is 11.6. The number of nitrogens with one attached hydrogen (secondary N) is 2. The molecule has 3 N–H and O–H groups in total. The number of aromatic nitrogens is 2. The molecule has 0 spiro atoms. The summed E-state index contributed by atoms with van der Waals surface area (Å²) in [5, 5.41) is 17.0. The van der Waals surface area contributed by atoms with Gasteiger partial charge in [-0.05, 0) is 56.3 Å². The minimum Gasteiger partial charge on any atom is -0.506 e. The van der Waals surface area contributed by atoms with Crippen molar-refractivity contribution in [3.63, 3.8) is 0 Å². The van der Waals surface area contributed by atoms with Crippen LogP contribution in [0.15, 0.2) is 72.9 Å². The first kappa shape index (κ1) is 30.9. The lowest BCUT2D eigenvalue weighted by atomic mass is 10.0. The number of benzene rings is 3. The maximum absolute atomic E-state index is 11.3. The number of aldehydes is 1. The SMILES string of the molecule is COc1cc(N2CCC(N3CCN(C)CC3)CC2)ccc1Nc1ncc(C#Cc2cccc(C=O)c2O)c(Nc2ccccc2)n1. The number of phenolic OH excluding ortho intramolecular Hbond substituents is 1. The van der Waals surface area contributed by atoms with Crippen LogP contribution >= 0.6 is 0 Å². The van der Waals surface area contributed by atoms with Crippen LogP contribution in [-0.2, 0) is 0 Å². The fraction of sp³-hybridized carbons (Fsp3) is 0.306. The molecule has 2 aliphatic rings.